The first-order valence-corrected chi connectivity index (χ1v) is 7.43. The minimum Gasteiger partial charge on any atom is -0.346 e. The summed E-state index contributed by atoms with van der Waals surface area (Å²) in [5.74, 6) is -0.184. The van der Waals surface area contributed by atoms with E-state index in [2.05, 4.69) is 16.4 Å². The molecule has 5 heteroatoms. The summed E-state index contributed by atoms with van der Waals surface area (Å²) in [5, 5.41) is 3.22. The molecule has 1 N–H and O–H groups in total. The first-order chi connectivity index (χ1) is 9.22. The van der Waals surface area contributed by atoms with E-state index in [0.717, 1.165) is 0 Å². The van der Waals surface area contributed by atoms with Crippen molar-refractivity contribution >= 4 is 28.8 Å². The molecule has 2 aromatic rings. The number of nitrogens with one attached hydrogen (secondary N) is 1. The third-order valence-electron chi connectivity index (χ3n) is 3.17. The van der Waals surface area contributed by atoms with E-state index in [1.54, 1.807) is 29.5 Å². The molecule has 1 amide bonds. The predicted molar refractivity (Wildman–Crippen MR) is 76.8 cm³/mol. The van der Waals surface area contributed by atoms with Gasteiger partial charge in [-0.05, 0) is 43.0 Å². The summed E-state index contributed by atoms with van der Waals surface area (Å²) in [4.78, 5) is 18.6. The second-order valence-corrected chi connectivity index (χ2v) is 6.15. The molecule has 1 aliphatic rings. The summed E-state index contributed by atoms with van der Waals surface area (Å²) in [6, 6.07) is 7.25. The molecule has 0 unspecified atom stereocenters. The van der Waals surface area contributed by atoms with Gasteiger partial charge in [0.05, 0.1) is 6.54 Å². The topological polar surface area (TPSA) is 42.0 Å². The number of rotatable bonds is 3. The largest absolute Gasteiger partial charge is 0.346 e. The van der Waals surface area contributed by atoms with E-state index in [9.17, 15) is 4.79 Å². The highest BCUT2D eigenvalue weighted by Gasteiger charge is 2.15. The predicted octanol–water partition coefficient (Wildman–Crippen LogP) is 3.22. The summed E-state index contributed by atoms with van der Waals surface area (Å²) in [6.45, 7) is 0.560. The van der Waals surface area contributed by atoms with Crippen LogP contribution in [-0.4, -0.2) is 10.9 Å². The van der Waals surface area contributed by atoms with Crippen molar-refractivity contribution in [1.82, 2.24) is 10.3 Å². The highest BCUT2D eigenvalue weighted by atomic mass is 35.5. The Bertz CT molecular complexity index is 602. The molecule has 0 aliphatic heterocycles. The van der Waals surface area contributed by atoms with E-state index in [1.165, 1.54) is 34.6 Å². The number of aryl methyl sites for hydroxylation is 2. The molecule has 1 aliphatic carbocycles. The molecular formula is C14H13ClN2OS. The lowest BCUT2D eigenvalue weighted by atomic mass is 10.2. The Morgan fingerprint density at radius 3 is 3.11 bits per heavy atom. The number of nitrogens with zero attached hydrogens (tertiary/aromatic N) is 1. The molecule has 0 fully saturated rings. The highest BCUT2D eigenvalue weighted by Crippen LogP contribution is 2.30. The fraction of sp³-hybridized carbons (Fsp3) is 0.286. The van der Waals surface area contributed by atoms with Gasteiger partial charge in [0.25, 0.3) is 5.91 Å². The van der Waals surface area contributed by atoms with Crippen LogP contribution in [0.4, 0.5) is 0 Å². The molecule has 0 spiro atoms. The Balaban J connectivity index is 1.64. The fourth-order valence-corrected chi connectivity index (χ4v) is 3.63. The Labute approximate surface area is 120 Å². The van der Waals surface area contributed by atoms with Gasteiger partial charge in [-0.15, -0.1) is 11.3 Å². The zero-order valence-electron chi connectivity index (χ0n) is 10.3. The zero-order valence-corrected chi connectivity index (χ0v) is 11.9. The third-order valence-corrected chi connectivity index (χ3v) is 4.62. The van der Waals surface area contributed by atoms with Gasteiger partial charge in [-0.1, -0.05) is 17.7 Å². The molecule has 0 aromatic carbocycles. The summed E-state index contributed by atoms with van der Waals surface area (Å²) < 4.78 is 0. The molecule has 3 nitrogen and oxygen atoms in total. The van der Waals surface area contributed by atoms with Gasteiger partial charge in [0.2, 0.25) is 0 Å². The van der Waals surface area contributed by atoms with Crippen molar-refractivity contribution in [2.24, 2.45) is 0 Å². The van der Waals surface area contributed by atoms with Crippen molar-refractivity contribution in [3.05, 3.63) is 50.4 Å². The number of carbonyl (C=O) groups is 1. The number of hydrogen-bond acceptors (Lipinski definition) is 3. The molecule has 98 valence electrons. The van der Waals surface area contributed by atoms with Gasteiger partial charge < -0.3 is 5.32 Å². The number of thiophene rings is 1. The van der Waals surface area contributed by atoms with Crippen molar-refractivity contribution in [2.75, 3.05) is 0 Å². The Kier molecular flexibility index (Phi) is 3.53. The first-order valence-electron chi connectivity index (χ1n) is 6.23. The van der Waals surface area contributed by atoms with E-state index >= 15 is 0 Å². The lowest BCUT2D eigenvalue weighted by Crippen LogP contribution is -2.23. The van der Waals surface area contributed by atoms with Crippen molar-refractivity contribution in [1.29, 1.82) is 0 Å². The molecule has 0 saturated carbocycles. The number of hydrogen-bond donors (Lipinski definition) is 1. The second-order valence-electron chi connectivity index (χ2n) is 4.54. The van der Waals surface area contributed by atoms with Crippen LogP contribution in [0.5, 0.6) is 0 Å². The minimum absolute atomic E-state index is 0.184. The first kappa shape index (κ1) is 12.6. The van der Waals surface area contributed by atoms with Crippen LogP contribution in [0.2, 0.25) is 5.15 Å². The standard InChI is InChI=1S/C14H13ClN2OS/c15-13-6-2-4-11(17-13)14(18)16-8-10-7-9-3-1-5-12(9)19-10/h2,4,6-7H,1,3,5,8H2,(H,16,18). The number of halogens is 1. The van der Waals surface area contributed by atoms with E-state index in [4.69, 9.17) is 11.6 Å². The quantitative estimate of drug-likeness (QED) is 0.883. The van der Waals surface area contributed by atoms with Gasteiger partial charge in [0.15, 0.2) is 0 Å². The van der Waals surface area contributed by atoms with Crippen molar-refractivity contribution in [2.45, 2.75) is 25.8 Å². The lowest BCUT2D eigenvalue weighted by molar-refractivity contribution is 0.0946. The van der Waals surface area contributed by atoms with Crippen LogP contribution in [0.1, 0.15) is 32.2 Å². The van der Waals surface area contributed by atoms with Crippen LogP contribution in [-0.2, 0) is 19.4 Å². The number of amides is 1. The second kappa shape index (κ2) is 5.31. The molecule has 0 saturated heterocycles. The monoisotopic (exact) mass is 292 g/mol. The lowest BCUT2D eigenvalue weighted by Gasteiger charge is -2.03. The molecule has 0 radical (unpaired) electrons. The number of pyridine rings is 1. The van der Waals surface area contributed by atoms with Crippen LogP contribution in [0.3, 0.4) is 0 Å². The smallest absolute Gasteiger partial charge is 0.270 e. The Morgan fingerprint density at radius 2 is 2.32 bits per heavy atom. The molecule has 2 aromatic heterocycles. The van der Waals surface area contributed by atoms with Gasteiger partial charge in [-0.3, -0.25) is 4.79 Å². The summed E-state index contributed by atoms with van der Waals surface area (Å²) in [7, 11) is 0. The number of aromatic nitrogens is 1. The SMILES string of the molecule is O=C(NCc1cc2c(s1)CCC2)c1cccc(Cl)n1. The zero-order chi connectivity index (χ0) is 13.2. The normalized spacial score (nSPS) is 13.3. The van der Waals surface area contributed by atoms with Crippen LogP contribution in [0.25, 0.3) is 0 Å². The minimum atomic E-state index is -0.184. The Morgan fingerprint density at radius 1 is 1.42 bits per heavy atom. The van der Waals surface area contributed by atoms with Crippen LogP contribution < -0.4 is 5.32 Å². The molecular weight excluding hydrogens is 280 g/mol. The van der Waals surface area contributed by atoms with Crippen LogP contribution >= 0.6 is 22.9 Å². The maximum Gasteiger partial charge on any atom is 0.270 e. The average Bonchev–Trinajstić information content (AvgIpc) is 2.96. The van der Waals surface area contributed by atoms with Gasteiger partial charge in [0, 0.05) is 9.75 Å². The van der Waals surface area contributed by atoms with Crippen molar-refractivity contribution < 1.29 is 4.79 Å². The van der Waals surface area contributed by atoms with Gasteiger partial charge in [0.1, 0.15) is 10.8 Å². The fourth-order valence-electron chi connectivity index (χ4n) is 2.27. The van der Waals surface area contributed by atoms with Crippen molar-refractivity contribution in [3.8, 4) is 0 Å². The summed E-state index contributed by atoms with van der Waals surface area (Å²) >= 11 is 7.57. The third kappa shape index (κ3) is 2.80. The van der Waals surface area contributed by atoms with E-state index in [0.29, 0.717) is 17.4 Å². The number of carbonyl (C=O) groups excluding carboxylic acids is 1. The number of fused-ring (bicyclic) bond motifs is 1. The highest BCUT2D eigenvalue weighted by molar-refractivity contribution is 7.12. The van der Waals surface area contributed by atoms with E-state index < -0.39 is 0 Å². The van der Waals surface area contributed by atoms with Crippen LogP contribution in [0.15, 0.2) is 24.3 Å². The van der Waals surface area contributed by atoms with Gasteiger partial charge in [-0.25, -0.2) is 4.98 Å². The van der Waals surface area contributed by atoms with E-state index in [-0.39, 0.29) is 5.91 Å². The maximum absolute atomic E-state index is 11.9. The molecule has 0 bridgehead atoms. The molecule has 3 rings (SSSR count). The summed E-state index contributed by atoms with van der Waals surface area (Å²) in [6.07, 6.45) is 3.62. The molecule has 0 atom stereocenters. The Hall–Kier alpha value is -1.39. The molecule has 2 heterocycles. The van der Waals surface area contributed by atoms with Crippen molar-refractivity contribution in [3.63, 3.8) is 0 Å². The van der Waals surface area contributed by atoms with E-state index in [1.807, 2.05) is 0 Å². The molecule has 19 heavy (non-hydrogen) atoms. The van der Waals surface area contributed by atoms with Crippen LogP contribution in [0, 0.1) is 0 Å². The van der Waals surface area contributed by atoms with Gasteiger partial charge >= 0.3 is 0 Å². The maximum atomic E-state index is 11.9. The van der Waals surface area contributed by atoms with Gasteiger partial charge in [-0.2, -0.15) is 0 Å². The average molecular weight is 293 g/mol. The summed E-state index contributed by atoms with van der Waals surface area (Å²) in [5.41, 5.74) is 1.81.